The molecular weight excluding hydrogens is 296 g/mol. The van der Waals surface area contributed by atoms with Crippen molar-refractivity contribution in [1.29, 1.82) is 0 Å². The van der Waals surface area contributed by atoms with Crippen molar-refractivity contribution in [3.8, 4) is 16.9 Å². The van der Waals surface area contributed by atoms with E-state index in [1.165, 1.54) is 18.4 Å². The monoisotopic (exact) mass is 317 g/mol. The van der Waals surface area contributed by atoms with Crippen molar-refractivity contribution in [3.63, 3.8) is 0 Å². The molecule has 0 bridgehead atoms. The second-order valence-corrected chi connectivity index (χ2v) is 5.95. The Morgan fingerprint density at radius 1 is 0.957 bits per heavy atom. The molecule has 1 unspecified atom stereocenters. The van der Waals surface area contributed by atoms with Gasteiger partial charge in [0.15, 0.2) is 0 Å². The summed E-state index contributed by atoms with van der Waals surface area (Å²) < 4.78 is 28.8. The summed E-state index contributed by atoms with van der Waals surface area (Å²) in [6, 6.07) is 15.6. The normalized spacial score (nSPS) is 16.7. The molecule has 2 nitrogen and oxygen atoms in total. The van der Waals surface area contributed by atoms with Crippen molar-refractivity contribution in [2.75, 3.05) is 13.1 Å². The average molecular weight is 317 g/mol. The highest BCUT2D eigenvalue weighted by molar-refractivity contribution is 5.65. The molecule has 0 spiro atoms. The van der Waals surface area contributed by atoms with Crippen molar-refractivity contribution in [2.45, 2.75) is 32.4 Å². The zero-order valence-corrected chi connectivity index (χ0v) is 13.2. The van der Waals surface area contributed by atoms with E-state index in [4.69, 9.17) is 0 Å². The summed E-state index contributed by atoms with van der Waals surface area (Å²) in [6.45, 7) is 1.77. The van der Waals surface area contributed by atoms with Gasteiger partial charge >= 0.3 is 6.61 Å². The largest absolute Gasteiger partial charge is 0.435 e. The first-order valence-electron chi connectivity index (χ1n) is 8.03. The lowest BCUT2D eigenvalue weighted by Gasteiger charge is -2.24. The molecule has 0 saturated carbocycles. The van der Waals surface area contributed by atoms with Crippen LogP contribution in [0.4, 0.5) is 8.78 Å². The molecular formula is C19H21F2NO. The fourth-order valence-electron chi connectivity index (χ4n) is 3.15. The SMILES string of the molecule is CC(c1cccc(-c2ccc(OC(F)F)cc2)c1)N1CCCC1. The van der Waals surface area contributed by atoms with Gasteiger partial charge < -0.3 is 4.74 Å². The number of ether oxygens (including phenoxy) is 1. The van der Waals surface area contributed by atoms with Crippen molar-refractivity contribution >= 4 is 0 Å². The number of rotatable bonds is 5. The van der Waals surface area contributed by atoms with E-state index in [1.54, 1.807) is 12.1 Å². The van der Waals surface area contributed by atoms with Gasteiger partial charge in [0.1, 0.15) is 5.75 Å². The summed E-state index contributed by atoms with van der Waals surface area (Å²) in [5.41, 5.74) is 3.39. The van der Waals surface area contributed by atoms with Gasteiger partial charge in [0.25, 0.3) is 0 Å². The van der Waals surface area contributed by atoms with Gasteiger partial charge in [0, 0.05) is 6.04 Å². The molecule has 0 aromatic heterocycles. The third-order valence-corrected chi connectivity index (χ3v) is 4.47. The molecule has 1 aliphatic rings. The van der Waals surface area contributed by atoms with E-state index >= 15 is 0 Å². The molecule has 4 heteroatoms. The maximum absolute atomic E-state index is 12.2. The fraction of sp³-hybridized carbons (Fsp3) is 0.368. The molecule has 0 amide bonds. The molecule has 1 saturated heterocycles. The predicted octanol–water partition coefficient (Wildman–Crippen LogP) is 5.11. The fourth-order valence-corrected chi connectivity index (χ4v) is 3.15. The van der Waals surface area contributed by atoms with E-state index in [0.717, 1.165) is 24.2 Å². The van der Waals surface area contributed by atoms with Crippen molar-refractivity contribution in [2.24, 2.45) is 0 Å². The highest BCUT2D eigenvalue weighted by Crippen LogP contribution is 2.29. The molecule has 1 atom stereocenters. The quantitative estimate of drug-likeness (QED) is 0.759. The van der Waals surface area contributed by atoms with Crippen LogP contribution in [0.2, 0.25) is 0 Å². The maximum atomic E-state index is 12.2. The molecule has 2 aromatic carbocycles. The lowest BCUT2D eigenvalue weighted by atomic mass is 9.99. The van der Waals surface area contributed by atoms with Crippen LogP contribution in [-0.2, 0) is 0 Å². The molecule has 122 valence electrons. The van der Waals surface area contributed by atoms with Crippen LogP contribution in [0, 0.1) is 0 Å². The molecule has 0 radical (unpaired) electrons. The summed E-state index contributed by atoms with van der Waals surface area (Å²) in [5.74, 6) is 0.185. The third kappa shape index (κ3) is 3.88. The minimum Gasteiger partial charge on any atom is -0.435 e. The summed E-state index contributed by atoms with van der Waals surface area (Å²) >= 11 is 0. The molecule has 1 aliphatic heterocycles. The Morgan fingerprint density at radius 2 is 1.65 bits per heavy atom. The van der Waals surface area contributed by atoms with E-state index in [1.807, 2.05) is 18.2 Å². The number of hydrogen-bond donors (Lipinski definition) is 0. The third-order valence-electron chi connectivity index (χ3n) is 4.47. The Hall–Kier alpha value is -1.94. The smallest absolute Gasteiger partial charge is 0.387 e. The molecule has 23 heavy (non-hydrogen) atoms. The van der Waals surface area contributed by atoms with E-state index in [0.29, 0.717) is 6.04 Å². The number of alkyl halides is 2. The summed E-state index contributed by atoms with van der Waals surface area (Å²) in [4.78, 5) is 2.50. The van der Waals surface area contributed by atoms with Crippen LogP contribution in [0.1, 0.15) is 31.4 Å². The number of likely N-dealkylation sites (tertiary alicyclic amines) is 1. The standard InChI is InChI=1S/C19H21F2NO/c1-14(22-11-2-3-12-22)16-5-4-6-17(13-16)15-7-9-18(10-8-15)23-19(20)21/h4-10,13-14,19H,2-3,11-12H2,1H3. The van der Waals surface area contributed by atoms with E-state index < -0.39 is 6.61 Å². The highest BCUT2D eigenvalue weighted by Gasteiger charge is 2.19. The van der Waals surface area contributed by atoms with Crippen LogP contribution < -0.4 is 4.74 Å². The second kappa shape index (κ2) is 7.09. The highest BCUT2D eigenvalue weighted by atomic mass is 19.3. The van der Waals surface area contributed by atoms with Crippen LogP contribution in [0.15, 0.2) is 48.5 Å². The van der Waals surface area contributed by atoms with Crippen LogP contribution >= 0.6 is 0 Å². The molecule has 1 heterocycles. The van der Waals surface area contributed by atoms with Crippen molar-refractivity contribution in [1.82, 2.24) is 4.90 Å². The first-order valence-corrected chi connectivity index (χ1v) is 8.03. The van der Waals surface area contributed by atoms with Crippen LogP contribution in [0.3, 0.4) is 0 Å². The van der Waals surface area contributed by atoms with Crippen LogP contribution in [0.25, 0.3) is 11.1 Å². The summed E-state index contributed by atoms with van der Waals surface area (Å²) in [5, 5.41) is 0. The Labute approximate surface area is 135 Å². The van der Waals surface area contributed by atoms with Crippen LogP contribution in [0.5, 0.6) is 5.75 Å². The summed E-state index contributed by atoms with van der Waals surface area (Å²) in [6.07, 6.45) is 2.55. The van der Waals surface area contributed by atoms with Gasteiger partial charge in [-0.2, -0.15) is 8.78 Å². The molecule has 0 aliphatic carbocycles. The van der Waals surface area contributed by atoms with Gasteiger partial charge in [-0.05, 0) is 67.7 Å². The van der Waals surface area contributed by atoms with Gasteiger partial charge in [0.05, 0.1) is 0 Å². The van der Waals surface area contributed by atoms with Gasteiger partial charge in [0.2, 0.25) is 0 Å². The second-order valence-electron chi connectivity index (χ2n) is 5.95. The lowest BCUT2D eigenvalue weighted by molar-refractivity contribution is -0.0498. The Balaban J connectivity index is 1.78. The Bertz CT molecular complexity index is 636. The first kappa shape index (κ1) is 15.9. The maximum Gasteiger partial charge on any atom is 0.387 e. The zero-order valence-electron chi connectivity index (χ0n) is 13.2. The number of hydrogen-bond acceptors (Lipinski definition) is 2. The predicted molar refractivity (Wildman–Crippen MR) is 87.7 cm³/mol. The Morgan fingerprint density at radius 3 is 2.30 bits per heavy atom. The van der Waals surface area contributed by atoms with Crippen LogP contribution in [-0.4, -0.2) is 24.6 Å². The average Bonchev–Trinajstić information content (AvgIpc) is 3.09. The van der Waals surface area contributed by atoms with Gasteiger partial charge in [-0.1, -0.05) is 30.3 Å². The zero-order chi connectivity index (χ0) is 16.2. The number of nitrogens with zero attached hydrogens (tertiary/aromatic N) is 1. The molecule has 3 rings (SSSR count). The van der Waals surface area contributed by atoms with Gasteiger partial charge in [-0.25, -0.2) is 0 Å². The summed E-state index contributed by atoms with van der Waals surface area (Å²) in [7, 11) is 0. The molecule has 0 N–H and O–H groups in total. The van der Waals surface area contributed by atoms with Gasteiger partial charge in [-0.15, -0.1) is 0 Å². The number of benzene rings is 2. The lowest BCUT2D eigenvalue weighted by Crippen LogP contribution is -2.23. The van der Waals surface area contributed by atoms with Gasteiger partial charge in [-0.3, -0.25) is 4.90 Å². The van der Waals surface area contributed by atoms with Crippen molar-refractivity contribution in [3.05, 3.63) is 54.1 Å². The number of halogens is 2. The molecule has 2 aromatic rings. The van der Waals surface area contributed by atoms with E-state index in [9.17, 15) is 8.78 Å². The van der Waals surface area contributed by atoms with Crippen molar-refractivity contribution < 1.29 is 13.5 Å². The molecule has 1 fully saturated rings. The minimum atomic E-state index is -2.79. The minimum absolute atomic E-state index is 0.185. The first-order chi connectivity index (χ1) is 11.1. The topological polar surface area (TPSA) is 12.5 Å². The van der Waals surface area contributed by atoms with E-state index in [-0.39, 0.29) is 5.75 Å². The Kier molecular flexibility index (Phi) is 4.91. The van der Waals surface area contributed by atoms with E-state index in [2.05, 4.69) is 34.8 Å².